The lowest BCUT2D eigenvalue weighted by molar-refractivity contribution is 0.0921. The lowest BCUT2D eigenvalue weighted by atomic mass is 9.87. The molecule has 1 aromatic rings. The number of carbonyl (C=O) groups is 1. The van der Waals surface area contributed by atoms with E-state index < -0.39 is 0 Å². The molecule has 3 nitrogen and oxygen atoms in total. The van der Waals surface area contributed by atoms with Gasteiger partial charge in [-0.1, -0.05) is 44.1 Å². The van der Waals surface area contributed by atoms with Crippen molar-refractivity contribution in [1.82, 2.24) is 5.32 Å². The number of nitrogens with one attached hydrogen (secondary N) is 1. The quantitative estimate of drug-likeness (QED) is 0.834. The Morgan fingerprint density at radius 3 is 2.47 bits per heavy atom. The van der Waals surface area contributed by atoms with Gasteiger partial charge in [0.15, 0.2) is 0 Å². The molecule has 19 heavy (non-hydrogen) atoms. The first-order chi connectivity index (χ1) is 9.06. The Morgan fingerprint density at radius 2 is 1.89 bits per heavy atom. The molecule has 4 heteroatoms. The van der Waals surface area contributed by atoms with Crippen LogP contribution in [0.25, 0.3) is 0 Å². The predicted molar refractivity (Wildman–Crippen MR) is 81.2 cm³/mol. The Hall–Kier alpha value is -1.42. The molecule has 0 aromatic heterocycles. The van der Waals surface area contributed by atoms with Crippen molar-refractivity contribution in [2.75, 3.05) is 0 Å². The van der Waals surface area contributed by atoms with Crippen LogP contribution in [0.2, 0.25) is 0 Å². The monoisotopic (exact) mass is 276 g/mol. The molecule has 0 aliphatic heterocycles. The van der Waals surface area contributed by atoms with E-state index in [1.807, 2.05) is 0 Å². The van der Waals surface area contributed by atoms with E-state index in [9.17, 15) is 4.79 Å². The minimum Gasteiger partial charge on any atom is -0.389 e. The van der Waals surface area contributed by atoms with Crippen molar-refractivity contribution in [3.63, 3.8) is 0 Å². The average Bonchev–Trinajstić information content (AvgIpc) is 2.39. The zero-order chi connectivity index (χ0) is 13.8. The maximum atomic E-state index is 12.1. The molecule has 2 atom stereocenters. The summed E-state index contributed by atoms with van der Waals surface area (Å²) in [6.45, 7) is 2.25. The molecule has 3 N–H and O–H groups in total. The van der Waals surface area contributed by atoms with E-state index in [-0.39, 0.29) is 5.91 Å². The molecule has 1 fully saturated rings. The van der Waals surface area contributed by atoms with Gasteiger partial charge in [-0.25, -0.2) is 0 Å². The van der Waals surface area contributed by atoms with Gasteiger partial charge in [0, 0.05) is 17.2 Å². The fraction of sp³-hybridized carbons (Fsp3) is 0.467. The number of carbonyl (C=O) groups excluding carboxylic acids is 1. The molecule has 102 valence electrons. The van der Waals surface area contributed by atoms with Gasteiger partial charge in [0.2, 0.25) is 0 Å². The lowest BCUT2D eigenvalue weighted by Gasteiger charge is -2.27. The SMILES string of the molecule is CC1CCCC(NC(=O)c2ccc(C(N)=S)cc2)C1. The third-order valence-electron chi connectivity index (χ3n) is 3.70. The van der Waals surface area contributed by atoms with Crippen LogP contribution in [0, 0.1) is 5.92 Å². The van der Waals surface area contributed by atoms with E-state index in [1.54, 1.807) is 24.3 Å². The van der Waals surface area contributed by atoms with Crippen LogP contribution in [0.4, 0.5) is 0 Å². The number of hydrogen-bond donors (Lipinski definition) is 2. The molecule has 0 heterocycles. The number of benzene rings is 1. The molecule has 0 spiro atoms. The number of amides is 1. The van der Waals surface area contributed by atoms with Crippen LogP contribution in [0.1, 0.15) is 48.5 Å². The zero-order valence-electron chi connectivity index (χ0n) is 11.2. The van der Waals surface area contributed by atoms with Crippen molar-refractivity contribution in [2.24, 2.45) is 11.7 Å². The lowest BCUT2D eigenvalue weighted by Crippen LogP contribution is -2.37. The Balaban J connectivity index is 1.97. The summed E-state index contributed by atoms with van der Waals surface area (Å²) in [6, 6.07) is 7.44. The summed E-state index contributed by atoms with van der Waals surface area (Å²) in [5, 5.41) is 3.11. The molecule has 1 aliphatic carbocycles. The standard InChI is InChI=1S/C15H20N2OS/c1-10-3-2-4-13(9-10)17-15(18)12-7-5-11(6-8-12)14(16)19/h5-8,10,13H,2-4,9H2,1H3,(H2,16,19)(H,17,18). The zero-order valence-corrected chi connectivity index (χ0v) is 12.0. The highest BCUT2D eigenvalue weighted by atomic mass is 32.1. The van der Waals surface area contributed by atoms with Gasteiger partial charge in [-0.2, -0.15) is 0 Å². The minimum absolute atomic E-state index is 0.00594. The summed E-state index contributed by atoms with van der Waals surface area (Å²) >= 11 is 4.89. The Morgan fingerprint density at radius 1 is 1.26 bits per heavy atom. The number of hydrogen-bond acceptors (Lipinski definition) is 2. The van der Waals surface area contributed by atoms with Gasteiger partial charge in [-0.15, -0.1) is 0 Å². The molecule has 1 aromatic carbocycles. The van der Waals surface area contributed by atoms with Gasteiger partial charge in [-0.05, 0) is 30.9 Å². The summed E-state index contributed by atoms with van der Waals surface area (Å²) in [7, 11) is 0. The second-order valence-electron chi connectivity index (χ2n) is 5.38. The van der Waals surface area contributed by atoms with Crippen LogP contribution in [0.3, 0.4) is 0 Å². The molecule has 2 unspecified atom stereocenters. The number of thiocarbonyl (C=S) groups is 1. The summed E-state index contributed by atoms with van der Waals surface area (Å²) in [5.74, 6) is 0.699. The van der Waals surface area contributed by atoms with Gasteiger partial charge in [0.25, 0.3) is 5.91 Å². The highest BCUT2D eigenvalue weighted by molar-refractivity contribution is 7.80. The van der Waals surface area contributed by atoms with E-state index in [2.05, 4.69) is 12.2 Å². The third-order valence-corrected chi connectivity index (χ3v) is 3.94. The Bertz CT molecular complexity index is 470. The van der Waals surface area contributed by atoms with Gasteiger partial charge >= 0.3 is 0 Å². The van der Waals surface area contributed by atoms with Crippen molar-refractivity contribution in [3.8, 4) is 0 Å². The molecular formula is C15H20N2OS. The molecule has 0 radical (unpaired) electrons. The maximum absolute atomic E-state index is 12.1. The molecular weight excluding hydrogens is 256 g/mol. The third kappa shape index (κ3) is 3.77. The van der Waals surface area contributed by atoms with Crippen molar-refractivity contribution in [3.05, 3.63) is 35.4 Å². The van der Waals surface area contributed by atoms with Gasteiger partial charge in [0.05, 0.1) is 0 Å². The molecule has 0 saturated heterocycles. The first kappa shape index (κ1) is 14.0. The van der Waals surface area contributed by atoms with Crippen LogP contribution in [0.15, 0.2) is 24.3 Å². The summed E-state index contributed by atoms with van der Waals surface area (Å²) in [4.78, 5) is 12.5. The second kappa shape index (κ2) is 6.15. The largest absolute Gasteiger partial charge is 0.389 e. The van der Waals surface area contributed by atoms with Gasteiger partial charge in [0.1, 0.15) is 4.99 Å². The maximum Gasteiger partial charge on any atom is 0.251 e. The highest BCUT2D eigenvalue weighted by Gasteiger charge is 2.20. The van der Waals surface area contributed by atoms with Crippen LogP contribution < -0.4 is 11.1 Å². The van der Waals surface area contributed by atoms with Gasteiger partial charge < -0.3 is 11.1 Å². The molecule has 0 bridgehead atoms. The molecule has 1 amide bonds. The molecule has 2 rings (SSSR count). The Kier molecular flexibility index (Phi) is 4.53. The van der Waals surface area contributed by atoms with Crippen LogP contribution in [0.5, 0.6) is 0 Å². The van der Waals surface area contributed by atoms with E-state index in [0.717, 1.165) is 18.4 Å². The smallest absolute Gasteiger partial charge is 0.251 e. The Labute approximate surface area is 119 Å². The fourth-order valence-electron chi connectivity index (χ4n) is 2.62. The second-order valence-corrected chi connectivity index (χ2v) is 5.82. The van der Waals surface area contributed by atoms with E-state index in [4.69, 9.17) is 18.0 Å². The summed E-state index contributed by atoms with van der Waals surface area (Å²) < 4.78 is 0. The molecule has 1 aliphatic rings. The first-order valence-electron chi connectivity index (χ1n) is 6.77. The van der Waals surface area contributed by atoms with Gasteiger partial charge in [-0.3, -0.25) is 4.79 Å². The van der Waals surface area contributed by atoms with Crippen LogP contribution in [-0.2, 0) is 0 Å². The summed E-state index contributed by atoms with van der Waals surface area (Å²) in [6.07, 6.45) is 4.64. The first-order valence-corrected chi connectivity index (χ1v) is 7.18. The van der Waals surface area contributed by atoms with Crippen LogP contribution in [-0.4, -0.2) is 16.9 Å². The number of nitrogens with two attached hydrogens (primary N) is 1. The van der Waals surface area contributed by atoms with Crippen molar-refractivity contribution in [1.29, 1.82) is 0 Å². The molecule has 1 saturated carbocycles. The average molecular weight is 276 g/mol. The summed E-state index contributed by atoms with van der Waals surface area (Å²) in [5.41, 5.74) is 6.99. The van der Waals surface area contributed by atoms with E-state index >= 15 is 0 Å². The van der Waals surface area contributed by atoms with Crippen molar-refractivity contribution < 1.29 is 4.79 Å². The van der Waals surface area contributed by atoms with Crippen LogP contribution >= 0.6 is 12.2 Å². The van der Waals surface area contributed by atoms with E-state index in [0.29, 0.717) is 22.5 Å². The number of rotatable bonds is 3. The van der Waals surface area contributed by atoms with Crippen molar-refractivity contribution >= 4 is 23.1 Å². The fourth-order valence-corrected chi connectivity index (χ4v) is 2.76. The van der Waals surface area contributed by atoms with E-state index in [1.165, 1.54) is 12.8 Å². The van der Waals surface area contributed by atoms with Crippen molar-refractivity contribution in [2.45, 2.75) is 38.6 Å². The normalized spacial score (nSPS) is 22.8. The minimum atomic E-state index is -0.00594. The topological polar surface area (TPSA) is 55.1 Å². The predicted octanol–water partition coefficient (Wildman–Crippen LogP) is 2.63. The highest BCUT2D eigenvalue weighted by Crippen LogP contribution is 2.23.